The molecule has 0 amide bonds. The highest BCUT2D eigenvalue weighted by Gasteiger charge is 2.30. The summed E-state index contributed by atoms with van der Waals surface area (Å²) in [7, 11) is 0. The van der Waals surface area contributed by atoms with Gasteiger partial charge in [-0.05, 0) is 43.0 Å². The topological polar surface area (TPSA) is 47.3 Å². The molecular formula is C18H22N2O. The number of fused-ring (bicyclic) bond motifs is 1. The third kappa shape index (κ3) is 2.80. The van der Waals surface area contributed by atoms with E-state index in [-0.39, 0.29) is 6.04 Å². The lowest BCUT2D eigenvalue weighted by atomic mass is 9.89. The molecule has 1 heterocycles. The third-order valence-corrected chi connectivity index (χ3v) is 4.46. The minimum absolute atomic E-state index is 0.177. The van der Waals surface area contributed by atoms with E-state index in [0.29, 0.717) is 12.5 Å². The van der Waals surface area contributed by atoms with E-state index in [2.05, 4.69) is 49.6 Å². The fourth-order valence-corrected chi connectivity index (χ4v) is 3.02. The van der Waals surface area contributed by atoms with Crippen LogP contribution < -0.4 is 16.0 Å². The van der Waals surface area contributed by atoms with Crippen LogP contribution in [0.2, 0.25) is 0 Å². The molecule has 110 valence electrons. The fraction of sp³-hybridized carbons (Fsp3) is 0.333. The van der Waals surface area contributed by atoms with E-state index in [4.69, 9.17) is 10.6 Å². The van der Waals surface area contributed by atoms with Gasteiger partial charge in [-0.25, -0.2) is 0 Å². The van der Waals surface area contributed by atoms with E-state index in [1.807, 2.05) is 12.1 Å². The molecule has 2 unspecified atom stereocenters. The molecule has 21 heavy (non-hydrogen) atoms. The number of hydrogen-bond acceptors (Lipinski definition) is 3. The third-order valence-electron chi connectivity index (χ3n) is 4.46. The molecule has 0 aromatic heterocycles. The summed E-state index contributed by atoms with van der Waals surface area (Å²) >= 11 is 0. The molecule has 3 nitrogen and oxygen atoms in total. The lowest BCUT2D eigenvalue weighted by molar-refractivity contribution is 0.297. The molecule has 0 saturated carbocycles. The molecule has 1 aliphatic heterocycles. The molecular weight excluding hydrogens is 260 g/mol. The number of para-hydroxylation sites is 1. The second-order valence-electron chi connectivity index (χ2n) is 5.85. The van der Waals surface area contributed by atoms with Gasteiger partial charge in [0.15, 0.2) is 0 Å². The van der Waals surface area contributed by atoms with Gasteiger partial charge in [-0.2, -0.15) is 0 Å². The van der Waals surface area contributed by atoms with Gasteiger partial charge in [0.25, 0.3) is 0 Å². The summed E-state index contributed by atoms with van der Waals surface area (Å²) in [6, 6.07) is 15.0. The van der Waals surface area contributed by atoms with Crippen LogP contribution in [0.5, 0.6) is 5.75 Å². The zero-order valence-corrected chi connectivity index (χ0v) is 12.6. The van der Waals surface area contributed by atoms with E-state index in [1.54, 1.807) is 0 Å². The normalized spacial score (nSPS) is 18.1. The smallest absolute Gasteiger partial charge is 0.122 e. The average Bonchev–Trinajstić information content (AvgIpc) is 2.92. The first-order valence-electron chi connectivity index (χ1n) is 7.43. The molecule has 2 aromatic carbocycles. The van der Waals surface area contributed by atoms with Crippen molar-refractivity contribution in [3.8, 4) is 5.75 Å². The highest BCUT2D eigenvalue weighted by molar-refractivity contribution is 5.41. The summed E-state index contributed by atoms with van der Waals surface area (Å²) in [5, 5.41) is 0. The van der Waals surface area contributed by atoms with Crippen LogP contribution in [0.15, 0.2) is 42.5 Å². The fourth-order valence-electron chi connectivity index (χ4n) is 3.02. The Kier molecular flexibility index (Phi) is 3.95. The van der Waals surface area contributed by atoms with Gasteiger partial charge in [0.05, 0.1) is 6.61 Å². The Morgan fingerprint density at radius 3 is 2.76 bits per heavy atom. The average molecular weight is 282 g/mol. The molecule has 3 heteroatoms. The maximum atomic E-state index is 5.82. The molecule has 3 rings (SSSR count). The van der Waals surface area contributed by atoms with Crippen LogP contribution in [0.4, 0.5) is 0 Å². The van der Waals surface area contributed by atoms with Crippen molar-refractivity contribution in [3.63, 3.8) is 0 Å². The van der Waals surface area contributed by atoms with Crippen molar-refractivity contribution in [3.05, 3.63) is 64.7 Å². The molecule has 1 aliphatic rings. The van der Waals surface area contributed by atoms with E-state index < -0.39 is 0 Å². The number of rotatable bonds is 4. The summed E-state index contributed by atoms with van der Waals surface area (Å²) in [5.41, 5.74) is 8.20. The Balaban J connectivity index is 1.81. The van der Waals surface area contributed by atoms with Gasteiger partial charge < -0.3 is 4.74 Å². The molecule has 2 atom stereocenters. The maximum Gasteiger partial charge on any atom is 0.122 e. The summed E-state index contributed by atoms with van der Waals surface area (Å²) < 4.78 is 5.78. The second-order valence-corrected chi connectivity index (χ2v) is 5.85. The first kappa shape index (κ1) is 14.1. The number of ether oxygens (including phenoxy) is 1. The van der Waals surface area contributed by atoms with Crippen LogP contribution in [0.1, 0.15) is 28.2 Å². The molecule has 0 aliphatic carbocycles. The lowest BCUT2D eigenvalue weighted by Gasteiger charge is -2.22. The summed E-state index contributed by atoms with van der Waals surface area (Å²) in [6.45, 7) is 4.98. The monoisotopic (exact) mass is 282 g/mol. The van der Waals surface area contributed by atoms with E-state index >= 15 is 0 Å². The number of hydrazine groups is 1. The predicted molar refractivity (Wildman–Crippen MR) is 85.4 cm³/mol. The van der Waals surface area contributed by atoms with Gasteiger partial charge >= 0.3 is 0 Å². The predicted octanol–water partition coefficient (Wildman–Crippen LogP) is 2.85. The highest BCUT2D eigenvalue weighted by atomic mass is 16.5. The van der Waals surface area contributed by atoms with E-state index in [0.717, 1.165) is 12.2 Å². The minimum Gasteiger partial charge on any atom is -0.493 e. The van der Waals surface area contributed by atoms with Crippen LogP contribution in [-0.2, 0) is 6.42 Å². The SMILES string of the molecule is Cc1ccc(CC(NN)C2COc3ccccc32)cc1C. The Labute approximate surface area is 126 Å². The van der Waals surface area contributed by atoms with Crippen molar-refractivity contribution in [1.82, 2.24) is 5.43 Å². The van der Waals surface area contributed by atoms with Crippen LogP contribution in [0.3, 0.4) is 0 Å². The Morgan fingerprint density at radius 2 is 2.00 bits per heavy atom. The molecule has 0 fully saturated rings. The van der Waals surface area contributed by atoms with Crippen LogP contribution in [-0.4, -0.2) is 12.6 Å². The van der Waals surface area contributed by atoms with E-state index in [1.165, 1.54) is 22.3 Å². The molecule has 0 saturated heterocycles. The zero-order chi connectivity index (χ0) is 14.8. The standard InChI is InChI=1S/C18H22N2O/c1-12-7-8-14(9-13(12)2)10-17(20-19)16-11-21-18-6-4-3-5-15(16)18/h3-9,16-17,20H,10-11,19H2,1-2H3. The first-order valence-corrected chi connectivity index (χ1v) is 7.43. The van der Waals surface area contributed by atoms with E-state index in [9.17, 15) is 0 Å². The van der Waals surface area contributed by atoms with Crippen molar-refractivity contribution in [2.45, 2.75) is 32.2 Å². The van der Waals surface area contributed by atoms with Gasteiger partial charge in [-0.3, -0.25) is 11.3 Å². The molecule has 0 bridgehead atoms. The molecule has 0 spiro atoms. The Morgan fingerprint density at radius 1 is 1.19 bits per heavy atom. The molecule has 0 radical (unpaired) electrons. The van der Waals surface area contributed by atoms with Gasteiger partial charge in [-0.15, -0.1) is 0 Å². The number of benzene rings is 2. The highest BCUT2D eigenvalue weighted by Crippen LogP contribution is 2.36. The summed E-state index contributed by atoms with van der Waals surface area (Å²) in [6.07, 6.45) is 0.903. The van der Waals surface area contributed by atoms with Gasteiger partial charge in [0.1, 0.15) is 5.75 Å². The van der Waals surface area contributed by atoms with Crippen LogP contribution in [0.25, 0.3) is 0 Å². The van der Waals surface area contributed by atoms with Crippen LogP contribution in [0, 0.1) is 13.8 Å². The minimum atomic E-state index is 0.177. The quantitative estimate of drug-likeness (QED) is 0.669. The summed E-state index contributed by atoms with van der Waals surface area (Å²) in [5.74, 6) is 7.11. The van der Waals surface area contributed by atoms with Crippen molar-refractivity contribution < 1.29 is 4.74 Å². The zero-order valence-electron chi connectivity index (χ0n) is 12.6. The molecule has 3 N–H and O–H groups in total. The largest absolute Gasteiger partial charge is 0.493 e. The van der Waals surface area contributed by atoms with Gasteiger partial charge in [0.2, 0.25) is 0 Å². The van der Waals surface area contributed by atoms with Gasteiger partial charge in [-0.1, -0.05) is 36.4 Å². The van der Waals surface area contributed by atoms with Crippen molar-refractivity contribution in [2.24, 2.45) is 5.84 Å². The Hall–Kier alpha value is -1.84. The van der Waals surface area contributed by atoms with Crippen molar-refractivity contribution >= 4 is 0 Å². The summed E-state index contributed by atoms with van der Waals surface area (Å²) in [4.78, 5) is 0. The molecule has 2 aromatic rings. The van der Waals surface area contributed by atoms with Crippen molar-refractivity contribution in [1.29, 1.82) is 0 Å². The first-order chi connectivity index (χ1) is 10.2. The Bertz CT molecular complexity index is 639. The number of hydrogen-bond donors (Lipinski definition) is 2. The number of aryl methyl sites for hydroxylation is 2. The maximum absolute atomic E-state index is 5.82. The number of nitrogens with one attached hydrogen (secondary N) is 1. The van der Waals surface area contributed by atoms with Crippen molar-refractivity contribution in [2.75, 3.05) is 6.61 Å². The second kappa shape index (κ2) is 5.88. The van der Waals surface area contributed by atoms with Crippen LogP contribution >= 0.6 is 0 Å². The number of nitrogens with two attached hydrogens (primary N) is 1. The van der Waals surface area contributed by atoms with Gasteiger partial charge in [0, 0.05) is 17.5 Å². The lowest BCUT2D eigenvalue weighted by Crippen LogP contribution is -2.42.